The van der Waals surface area contributed by atoms with E-state index in [9.17, 15) is 9.59 Å². The van der Waals surface area contributed by atoms with E-state index in [1.165, 1.54) is 12.0 Å². The molecule has 1 saturated heterocycles. The number of halogens is 1. The van der Waals surface area contributed by atoms with Gasteiger partial charge in [-0.05, 0) is 34.5 Å². The first-order valence-corrected chi connectivity index (χ1v) is 6.33. The largest absolute Gasteiger partial charge is 0.469 e. The summed E-state index contributed by atoms with van der Waals surface area (Å²) >= 11 is 3.42. The molecular formula is C12H13BrN2O3. The predicted molar refractivity (Wildman–Crippen MR) is 69.2 cm³/mol. The zero-order valence-electron chi connectivity index (χ0n) is 10.1. The third-order valence-corrected chi connectivity index (χ3v) is 3.96. The number of nitrogens with zero attached hydrogens (tertiary/aromatic N) is 2. The summed E-state index contributed by atoms with van der Waals surface area (Å²) in [6.45, 7) is 2.24. The van der Waals surface area contributed by atoms with Gasteiger partial charge in [0.2, 0.25) is 5.91 Å². The highest BCUT2D eigenvalue weighted by Gasteiger charge is 2.37. The standard InChI is InChI=1S/C12H13BrN2O3/c1-7-3-4-14-11(10(7)13)15-6-8(5-9(15)16)12(17)18-2/h3-4,8H,5-6H2,1-2H3. The number of esters is 1. The summed E-state index contributed by atoms with van der Waals surface area (Å²) in [6.07, 6.45) is 1.82. The Balaban J connectivity index is 2.27. The van der Waals surface area contributed by atoms with E-state index in [4.69, 9.17) is 0 Å². The van der Waals surface area contributed by atoms with Gasteiger partial charge in [0.1, 0.15) is 5.82 Å². The van der Waals surface area contributed by atoms with Crippen molar-refractivity contribution in [1.82, 2.24) is 4.98 Å². The predicted octanol–water partition coefficient (Wildman–Crippen LogP) is 1.68. The van der Waals surface area contributed by atoms with Gasteiger partial charge in [-0.2, -0.15) is 0 Å². The molecule has 1 aliphatic heterocycles. The van der Waals surface area contributed by atoms with Gasteiger partial charge in [-0.15, -0.1) is 0 Å². The van der Waals surface area contributed by atoms with E-state index in [0.717, 1.165) is 10.0 Å². The van der Waals surface area contributed by atoms with E-state index in [-0.39, 0.29) is 18.3 Å². The van der Waals surface area contributed by atoms with Crippen molar-refractivity contribution in [3.05, 3.63) is 22.3 Å². The first-order valence-electron chi connectivity index (χ1n) is 5.54. The van der Waals surface area contributed by atoms with Crippen LogP contribution in [0.25, 0.3) is 0 Å². The third kappa shape index (κ3) is 2.25. The molecule has 1 unspecified atom stereocenters. The average Bonchev–Trinajstić information content (AvgIpc) is 2.74. The van der Waals surface area contributed by atoms with Gasteiger partial charge in [0.05, 0.1) is 17.5 Å². The van der Waals surface area contributed by atoms with E-state index in [1.807, 2.05) is 13.0 Å². The van der Waals surface area contributed by atoms with Gasteiger partial charge in [0.15, 0.2) is 0 Å². The summed E-state index contributed by atoms with van der Waals surface area (Å²) in [5.74, 6) is -0.304. The molecule has 1 aliphatic rings. The van der Waals surface area contributed by atoms with Crippen LogP contribution in [0.5, 0.6) is 0 Å². The lowest BCUT2D eigenvalue weighted by Crippen LogP contribution is -2.27. The van der Waals surface area contributed by atoms with Gasteiger partial charge < -0.3 is 4.74 Å². The Hall–Kier alpha value is -1.43. The quantitative estimate of drug-likeness (QED) is 0.780. The van der Waals surface area contributed by atoms with Gasteiger partial charge in [-0.1, -0.05) is 0 Å². The highest BCUT2D eigenvalue weighted by atomic mass is 79.9. The molecule has 1 aromatic heterocycles. The molecule has 0 aromatic carbocycles. The number of aromatic nitrogens is 1. The Morgan fingerprint density at radius 1 is 1.61 bits per heavy atom. The molecule has 0 N–H and O–H groups in total. The van der Waals surface area contributed by atoms with Crippen LogP contribution in [-0.4, -0.2) is 30.5 Å². The molecule has 0 radical (unpaired) electrons. The number of carbonyl (C=O) groups is 2. The number of aryl methyl sites for hydroxylation is 1. The third-order valence-electron chi connectivity index (χ3n) is 2.98. The molecule has 2 heterocycles. The smallest absolute Gasteiger partial charge is 0.311 e. The number of ether oxygens (including phenoxy) is 1. The lowest BCUT2D eigenvalue weighted by atomic mass is 10.1. The minimum atomic E-state index is -0.406. The summed E-state index contributed by atoms with van der Waals surface area (Å²) < 4.78 is 5.45. The minimum absolute atomic E-state index is 0.107. The van der Waals surface area contributed by atoms with Gasteiger partial charge in [-0.3, -0.25) is 14.5 Å². The molecule has 1 amide bonds. The van der Waals surface area contributed by atoms with Crippen LogP contribution < -0.4 is 4.90 Å². The van der Waals surface area contributed by atoms with Crippen LogP contribution >= 0.6 is 15.9 Å². The fraction of sp³-hybridized carbons (Fsp3) is 0.417. The van der Waals surface area contributed by atoms with Gasteiger partial charge in [0.25, 0.3) is 0 Å². The number of hydrogen-bond acceptors (Lipinski definition) is 4. The molecule has 0 aliphatic carbocycles. The molecule has 1 aromatic rings. The number of rotatable bonds is 2. The van der Waals surface area contributed by atoms with E-state index in [0.29, 0.717) is 12.4 Å². The van der Waals surface area contributed by atoms with Gasteiger partial charge in [0, 0.05) is 19.2 Å². The van der Waals surface area contributed by atoms with Crippen molar-refractivity contribution < 1.29 is 14.3 Å². The van der Waals surface area contributed by atoms with Crippen LogP contribution in [0.15, 0.2) is 16.7 Å². The first kappa shape index (κ1) is 13.0. The van der Waals surface area contributed by atoms with Crippen LogP contribution in [0, 0.1) is 12.8 Å². The zero-order valence-corrected chi connectivity index (χ0v) is 11.7. The highest BCUT2D eigenvalue weighted by molar-refractivity contribution is 9.10. The molecule has 1 fully saturated rings. The highest BCUT2D eigenvalue weighted by Crippen LogP contribution is 2.31. The molecule has 1 atom stereocenters. The van der Waals surface area contributed by atoms with Crippen LogP contribution in [0.3, 0.4) is 0 Å². The summed E-state index contributed by atoms with van der Waals surface area (Å²) in [7, 11) is 1.33. The van der Waals surface area contributed by atoms with Crippen molar-refractivity contribution in [2.45, 2.75) is 13.3 Å². The van der Waals surface area contributed by atoms with Crippen LogP contribution in [-0.2, 0) is 14.3 Å². The SMILES string of the molecule is COC(=O)C1CC(=O)N(c2nccc(C)c2Br)C1. The number of pyridine rings is 1. The number of methoxy groups -OCH3 is 1. The van der Waals surface area contributed by atoms with E-state index >= 15 is 0 Å². The fourth-order valence-corrected chi connectivity index (χ4v) is 2.40. The Morgan fingerprint density at radius 3 is 3.00 bits per heavy atom. The number of amides is 1. The van der Waals surface area contributed by atoms with E-state index in [2.05, 4.69) is 25.7 Å². The maximum absolute atomic E-state index is 11.9. The monoisotopic (exact) mass is 312 g/mol. The molecule has 0 spiro atoms. The van der Waals surface area contributed by atoms with Crippen molar-refractivity contribution in [2.75, 3.05) is 18.6 Å². The van der Waals surface area contributed by atoms with Crippen LogP contribution in [0.2, 0.25) is 0 Å². The number of carbonyl (C=O) groups excluding carboxylic acids is 2. The first-order chi connectivity index (χ1) is 8.54. The van der Waals surface area contributed by atoms with E-state index < -0.39 is 5.92 Å². The maximum Gasteiger partial charge on any atom is 0.311 e. The second kappa shape index (κ2) is 5.06. The Morgan fingerprint density at radius 2 is 2.33 bits per heavy atom. The summed E-state index contributed by atoms with van der Waals surface area (Å²) in [4.78, 5) is 29.1. The second-order valence-corrected chi connectivity index (χ2v) is 4.99. The van der Waals surface area contributed by atoms with Crippen molar-refractivity contribution in [2.24, 2.45) is 5.92 Å². The summed E-state index contributed by atoms with van der Waals surface area (Å²) in [5, 5.41) is 0. The van der Waals surface area contributed by atoms with Gasteiger partial charge >= 0.3 is 5.97 Å². The molecule has 0 bridgehead atoms. The van der Waals surface area contributed by atoms with E-state index in [1.54, 1.807) is 6.20 Å². The molecule has 96 valence electrons. The van der Waals surface area contributed by atoms with Crippen LogP contribution in [0.4, 0.5) is 5.82 Å². The van der Waals surface area contributed by atoms with Crippen molar-refractivity contribution >= 4 is 33.6 Å². The van der Waals surface area contributed by atoms with Crippen molar-refractivity contribution in [3.8, 4) is 0 Å². The fourth-order valence-electron chi connectivity index (χ4n) is 1.95. The maximum atomic E-state index is 11.9. The van der Waals surface area contributed by atoms with Crippen molar-refractivity contribution in [1.29, 1.82) is 0 Å². The molecule has 6 heteroatoms. The minimum Gasteiger partial charge on any atom is -0.469 e. The zero-order chi connectivity index (χ0) is 13.3. The Bertz CT molecular complexity index is 504. The lowest BCUT2D eigenvalue weighted by molar-refractivity contribution is -0.145. The van der Waals surface area contributed by atoms with Gasteiger partial charge in [-0.25, -0.2) is 4.98 Å². The summed E-state index contributed by atoms with van der Waals surface area (Å²) in [6, 6.07) is 1.85. The topological polar surface area (TPSA) is 59.5 Å². The van der Waals surface area contributed by atoms with Crippen molar-refractivity contribution in [3.63, 3.8) is 0 Å². The average molecular weight is 313 g/mol. The summed E-state index contributed by atoms with van der Waals surface area (Å²) in [5.41, 5.74) is 0.995. The number of hydrogen-bond donors (Lipinski definition) is 0. The second-order valence-electron chi connectivity index (χ2n) is 4.19. The molecule has 2 rings (SSSR count). The molecular weight excluding hydrogens is 300 g/mol. The molecule has 5 nitrogen and oxygen atoms in total. The molecule has 18 heavy (non-hydrogen) atoms. The van der Waals surface area contributed by atoms with Crippen LogP contribution in [0.1, 0.15) is 12.0 Å². The lowest BCUT2D eigenvalue weighted by Gasteiger charge is -2.17. The Kier molecular flexibility index (Phi) is 3.65. The number of anilines is 1. The molecule has 0 saturated carbocycles. The Labute approximate surface area is 113 Å². The normalized spacial score (nSPS) is 19.2.